The smallest absolute Gasteiger partial charge is 0.337 e. The van der Waals surface area contributed by atoms with Crippen LogP contribution in [0.4, 0.5) is 5.13 Å². The minimum absolute atomic E-state index is 0.319. The third-order valence-electron chi connectivity index (χ3n) is 3.74. The van der Waals surface area contributed by atoms with Crippen LogP contribution in [0.1, 0.15) is 20.7 Å². The van der Waals surface area contributed by atoms with Crippen LogP contribution in [0.15, 0.2) is 47.8 Å². The number of aromatic nitrogens is 1. The summed E-state index contributed by atoms with van der Waals surface area (Å²) >= 11 is 7.45. The molecule has 1 amide bonds. The predicted molar refractivity (Wildman–Crippen MR) is 105 cm³/mol. The van der Waals surface area contributed by atoms with E-state index >= 15 is 0 Å². The molecule has 1 heterocycles. The molecule has 0 bridgehead atoms. The number of nitrogens with one attached hydrogen (secondary N) is 1. The molecule has 0 aliphatic heterocycles. The van der Waals surface area contributed by atoms with Crippen LogP contribution in [0.3, 0.4) is 0 Å². The minimum atomic E-state index is -0.454. The first-order valence-electron chi connectivity index (χ1n) is 7.81. The third kappa shape index (κ3) is 4.27. The van der Waals surface area contributed by atoms with Gasteiger partial charge in [-0.3, -0.25) is 10.1 Å². The maximum Gasteiger partial charge on any atom is 0.337 e. The van der Waals surface area contributed by atoms with Crippen molar-refractivity contribution >= 4 is 39.9 Å². The van der Waals surface area contributed by atoms with E-state index in [4.69, 9.17) is 16.3 Å². The van der Waals surface area contributed by atoms with Crippen molar-refractivity contribution in [1.29, 1.82) is 0 Å². The van der Waals surface area contributed by atoms with E-state index < -0.39 is 5.97 Å². The van der Waals surface area contributed by atoms with Crippen molar-refractivity contribution in [1.82, 2.24) is 4.98 Å². The van der Waals surface area contributed by atoms with E-state index in [0.29, 0.717) is 32.7 Å². The summed E-state index contributed by atoms with van der Waals surface area (Å²) in [5, 5.41) is 5.51. The Labute approximate surface area is 164 Å². The van der Waals surface area contributed by atoms with E-state index in [1.165, 1.54) is 30.6 Å². The molecule has 6 nitrogen and oxygen atoms in total. The zero-order valence-corrected chi connectivity index (χ0v) is 16.1. The molecule has 3 aromatic rings. The highest BCUT2D eigenvalue weighted by Gasteiger charge is 2.12. The van der Waals surface area contributed by atoms with Crippen molar-refractivity contribution in [2.75, 3.05) is 19.5 Å². The molecule has 0 spiro atoms. The zero-order valence-electron chi connectivity index (χ0n) is 14.5. The molecular weight excluding hydrogens is 388 g/mol. The second kappa shape index (κ2) is 8.20. The van der Waals surface area contributed by atoms with Crippen LogP contribution in [0.2, 0.25) is 5.02 Å². The number of thiazole rings is 1. The number of carbonyl (C=O) groups excluding carboxylic acids is 2. The monoisotopic (exact) mass is 402 g/mol. The van der Waals surface area contributed by atoms with Crippen LogP contribution in [0.25, 0.3) is 11.3 Å². The summed E-state index contributed by atoms with van der Waals surface area (Å²) in [5.41, 5.74) is 2.30. The largest absolute Gasteiger partial charge is 0.495 e. The Hall–Kier alpha value is -2.90. The quantitative estimate of drug-likeness (QED) is 0.635. The Morgan fingerprint density at radius 1 is 1.07 bits per heavy atom. The third-order valence-corrected chi connectivity index (χ3v) is 4.79. The number of ether oxygens (including phenoxy) is 2. The SMILES string of the molecule is COC(=O)c1ccc(C(=O)Nc2nc(-c3ccc(OC)c(Cl)c3)cs2)cc1. The number of carbonyl (C=O) groups is 2. The molecule has 0 saturated carbocycles. The van der Waals surface area contributed by atoms with Crippen LogP contribution in [-0.2, 0) is 4.74 Å². The number of halogens is 1. The van der Waals surface area contributed by atoms with Crippen molar-refractivity contribution in [2.45, 2.75) is 0 Å². The Bertz CT molecular complexity index is 986. The standard InChI is InChI=1S/C19H15ClN2O4S/c1-25-16-8-7-13(9-14(16)20)15-10-27-19(21-15)22-17(23)11-3-5-12(6-4-11)18(24)26-2/h3-10H,1-2H3,(H,21,22,23). The van der Waals surface area contributed by atoms with Crippen LogP contribution in [-0.4, -0.2) is 31.1 Å². The summed E-state index contributed by atoms with van der Waals surface area (Å²) in [6.45, 7) is 0. The molecule has 0 aliphatic rings. The summed E-state index contributed by atoms with van der Waals surface area (Å²) < 4.78 is 9.77. The van der Waals surface area contributed by atoms with Crippen molar-refractivity contribution in [3.63, 3.8) is 0 Å². The maximum absolute atomic E-state index is 12.3. The Morgan fingerprint density at radius 2 is 1.78 bits per heavy atom. The highest BCUT2D eigenvalue weighted by Crippen LogP contribution is 2.31. The number of hydrogen-bond donors (Lipinski definition) is 1. The van der Waals surface area contributed by atoms with Gasteiger partial charge in [0.05, 0.1) is 30.5 Å². The van der Waals surface area contributed by atoms with Gasteiger partial charge in [0.15, 0.2) is 5.13 Å². The summed E-state index contributed by atoms with van der Waals surface area (Å²) in [6, 6.07) is 11.5. The van der Waals surface area contributed by atoms with Gasteiger partial charge in [-0.15, -0.1) is 11.3 Å². The molecule has 0 aliphatic carbocycles. The topological polar surface area (TPSA) is 77.5 Å². The molecule has 0 unspecified atom stereocenters. The average molecular weight is 403 g/mol. The molecule has 1 aromatic heterocycles. The molecule has 0 saturated heterocycles. The number of amides is 1. The van der Waals surface area contributed by atoms with Gasteiger partial charge in [0.1, 0.15) is 5.75 Å². The van der Waals surface area contributed by atoms with Gasteiger partial charge in [-0.05, 0) is 42.5 Å². The van der Waals surface area contributed by atoms with Crippen LogP contribution < -0.4 is 10.1 Å². The lowest BCUT2D eigenvalue weighted by Crippen LogP contribution is -2.12. The molecule has 2 aromatic carbocycles. The van der Waals surface area contributed by atoms with E-state index in [1.54, 1.807) is 31.4 Å². The number of hydrogen-bond acceptors (Lipinski definition) is 6. The summed E-state index contributed by atoms with van der Waals surface area (Å²) in [4.78, 5) is 28.2. The second-order valence-corrected chi connectivity index (χ2v) is 6.68. The summed E-state index contributed by atoms with van der Waals surface area (Å²) in [7, 11) is 2.86. The van der Waals surface area contributed by atoms with E-state index in [0.717, 1.165) is 5.56 Å². The number of rotatable bonds is 5. The van der Waals surface area contributed by atoms with E-state index in [2.05, 4.69) is 15.0 Å². The van der Waals surface area contributed by atoms with Crippen LogP contribution in [0.5, 0.6) is 5.75 Å². The second-order valence-electron chi connectivity index (χ2n) is 5.41. The fourth-order valence-corrected chi connectivity index (χ4v) is 3.31. The van der Waals surface area contributed by atoms with E-state index in [9.17, 15) is 9.59 Å². The Balaban J connectivity index is 1.72. The first-order valence-corrected chi connectivity index (χ1v) is 9.06. The molecular formula is C19H15ClN2O4S. The van der Waals surface area contributed by atoms with Gasteiger partial charge in [0, 0.05) is 16.5 Å². The molecule has 1 N–H and O–H groups in total. The fourth-order valence-electron chi connectivity index (χ4n) is 2.33. The van der Waals surface area contributed by atoms with Gasteiger partial charge in [-0.2, -0.15) is 0 Å². The molecule has 0 radical (unpaired) electrons. The molecule has 0 atom stereocenters. The van der Waals surface area contributed by atoms with Gasteiger partial charge in [0.25, 0.3) is 5.91 Å². The lowest BCUT2D eigenvalue weighted by atomic mass is 10.1. The van der Waals surface area contributed by atoms with E-state index in [1.807, 2.05) is 11.4 Å². The van der Waals surface area contributed by atoms with Gasteiger partial charge < -0.3 is 9.47 Å². The molecule has 138 valence electrons. The highest BCUT2D eigenvalue weighted by atomic mass is 35.5. The first kappa shape index (κ1) is 18.9. The summed E-state index contributed by atoms with van der Waals surface area (Å²) in [6.07, 6.45) is 0. The summed E-state index contributed by atoms with van der Waals surface area (Å²) in [5.74, 6) is -0.190. The zero-order chi connectivity index (χ0) is 19.4. The predicted octanol–water partition coefficient (Wildman–Crippen LogP) is 4.51. The molecule has 0 fully saturated rings. The number of methoxy groups -OCH3 is 2. The van der Waals surface area contributed by atoms with Crippen LogP contribution >= 0.6 is 22.9 Å². The van der Waals surface area contributed by atoms with Crippen molar-refractivity contribution in [3.8, 4) is 17.0 Å². The normalized spacial score (nSPS) is 10.3. The molecule has 27 heavy (non-hydrogen) atoms. The lowest BCUT2D eigenvalue weighted by Gasteiger charge is -2.04. The first-order chi connectivity index (χ1) is 13.0. The van der Waals surface area contributed by atoms with Gasteiger partial charge >= 0.3 is 5.97 Å². The average Bonchev–Trinajstić information content (AvgIpc) is 3.15. The van der Waals surface area contributed by atoms with E-state index in [-0.39, 0.29) is 5.91 Å². The number of benzene rings is 2. The highest BCUT2D eigenvalue weighted by molar-refractivity contribution is 7.14. The maximum atomic E-state index is 12.3. The van der Waals surface area contributed by atoms with Crippen molar-refractivity contribution in [2.24, 2.45) is 0 Å². The molecule has 8 heteroatoms. The number of nitrogens with zero attached hydrogens (tertiary/aromatic N) is 1. The minimum Gasteiger partial charge on any atom is -0.495 e. The van der Waals surface area contributed by atoms with Crippen molar-refractivity contribution < 1.29 is 19.1 Å². The van der Waals surface area contributed by atoms with Crippen LogP contribution in [0, 0.1) is 0 Å². The van der Waals surface area contributed by atoms with Gasteiger partial charge in [0.2, 0.25) is 0 Å². The Kier molecular flexibility index (Phi) is 5.73. The fraction of sp³-hybridized carbons (Fsp3) is 0.105. The van der Waals surface area contributed by atoms with Gasteiger partial charge in [-0.1, -0.05) is 11.6 Å². The molecule has 3 rings (SSSR count). The number of esters is 1. The Morgan fingerprint density at radius 3 is 2.41 bits per heavy atom. The number of anilines is 1. The van der Waals surface area contributed by atoms with Gasteiger partial charge in [-0.25, -0.2) is 9.78 Å². The lowest BCUT2D eigenvalue weighted by molar-refractivity contribution is 0.0600. The van der Waals surface area contributed by atoms with Crippen molar-refractivity contribution in [3.05, 3.63) is 64.0 Å².